The molecule has 6 heteroatoms. The van der Waals surface area contributed by atoms with Gasteiger partial charge in [0.15, 0.2) is 0 Å². The first-order valence-corrected chi connectivity index (χ1v) is 15.4. The number of aryl methyl sites for hydroxylation is 3. The molecule has 0 unspecified atom stereocenters. The molecule has 0 bridgehead atoms. The molecule has 0 atom stereocenters. The number of aromatic nitrogens is 2. The predicted octanol–water partition coefficient (Wildman–Crippen LogP) is 11.4. The summed E-state index contributed by atoms with van der Waals surface area (Å²) in [6, 6.07) is 39.1. The van der Waals surface area contributed by atoms with Gasteiger partial charge in [0.1, 0.15) is 0 Å². The van der Waals surface area contributed by atoms with E-state index in [2.05, 4.69) is 89.7 Å². The van der Waals surface area contributed by atoms with Crippen molar-refractivity contribution in [2.45, 2.75) is 26.9 Å². The maximum absolute atomic E-state index is 14.0. The Kier molecular flexibility index (Phi) is 6.32. The lowest BCUT2D eigenvalue weighted by atomic mass is 9.95. The van der Waals surface area contributed by atoms with E-state index in [9.17, 15) is 18.4 Å². The summed E-state index contributed by atoms with van der Waals surface area (Å²) in [6.45, 7) is 5.78. The van der Waals surface area contributed by atoms with E-state index in [0.29, 0.717) is 16.7 Å². The fourth-order valence-electron chi connectivity index (χ4n) is 7.06. The molecule has 8 rings (SSSR count). The van der Waals surface area contributed by atoms with Crippen LogP contribution >= 0.6 is 0 Å². The number of alkyl halides is 3. The van der Waals surface area contributed by atoms with Gasteiger partial charge in [0.25, 0.3) is 0 Å². The third-order valence-electron chi connectivity index (χ3n) is 9.09. The number of nitrogens with zero attached hydrogens (tertiary/aromatic N) is 3. The van der Waals surface area contributed by atoms with E-state index in [1.165, 1.54) is 0 Å². The normalized spacial score (nSPS) is 12.0. The molecule has 0 saturated heterocycles. The Morgan fingerprint density at radius 3 is 1.57 bits per heavy atom. The van der Waals surface area contributed by atoms with E-state index in [4.69, 9.17) is 0 Å². The van der Waals surface area contributed by atoms with Crippen LogP contribution in [0.4, 0.5) is 13.2 Å². The van der Waals surface area contributed by atoms with E-state index in [-0.39, 0.29) is 5.56 Å². The van der Waals surface area contributed by atoms with Crippen LogP contribution in [0.5, 0.6) is 0 Å². The molecule has 0 spiro atoms. The Bertz CT molecular complexity index is 2610. The highest BCUT2D eigenvalue weighted by atomic mass is 19.4. The molecule has 0 aliphatic heterocycles. The lowest BCUT2D eigenvalue weighted by Crippen LogP contribution is -2.07. The van der Waals surface area contributed by atoms with Crippen molar-refractivity contribution < 1.29 is 13.2 Å². The van der Waals surface area contributed by atoms with Crippen LogP contribution < -0.4 is 0 Å². The number of fused-ring (bicyclic) bond motifs is 6. The molecule has 47 heavy (non-hydrogen) atoms. The topological polar surface area (TPSA) is 33.6 Å². The van der Waals surface area contributed by atoms with Gasteiger partial charge < -0.3 is 9.13 Å². The van der Waals surface area contributed by atoms with Crippen LogP contribution in [0.2, 0.25) is 0 Å². The van der Waals surface area contributed by atoms with Gasteiger partial charge in [-0.2, -0.15) is 18.4 Å². The minimum Gasteiger partial charge on any atom is -0.307 e. The van der Waals surface area contributed by atoms with Gasteiger partial charge in [-0.05, 0) is 92.6 Å². The van der Waals surface area contributed by atoms with Crippen molar-refractivity contribution in [3.05, 3.63) is 143 Å². The van der Waals surface area contributed by atoms with E-state index in [1.807, 2.05) is 36.4 Å². The van der Waals surface area contributed by atoms with E-state index in [1.54, 1.807) is 13.0 Å². The number of nitriles is 1. The summed E-state index contributed by atoms with van der Waals surface area (Å²) in [5, 5.41) is 14.9. The second kappa shape index (κ2) is 10.4. The Hall–Kier alpha value is -5.80. The van der Waals surface area contributed by atoms with Gasteiger partial charge in [-0.25, -0.2) is 0 Å². The average molecular weight is 620 g/mol. The lowest BCUT2D eigenvalue weighted by Gasteiger charge is -2.20. The molecular weight excluding hydrogens is 591 g/mol. The predicted molar refractivity (Wildman–Crippen MR) is 184 cm³/mol. The molecule has 0 amide bonds. The Morgan fingerprint density at radius 1 is 0.532 bits per heavy atom. The smallest absolute Gasteiger partial charge is 0.307 e. The fraction of sp³-hybridized carbons (Fsp3) is 0.0976. The minimum absolute atomic E-state index is 0.289. The van der Waals surface area contributed by atoms with Crippen LogP contribution in [0.25, 0.3) is 66.1 Å². The molecule has 6 aromatic carbocycles. The van der Waals surface area contributed by atoms with Gasteiger partial charge in [0.05, 0.1) is 50.6 Å². The zero-order chi connectivity index (χ0) is 32.6. The number of para-hydroxylation sites is 2. The highest BCUT2D eigenvalue weighted by molar-refractivity contribution is 6.12. The fourth-order valence-corrected chi connectivity index (χ4v) is 7.06. The van der Waals surface area contributed by atoms with Gasteiger partial charge in [-0.3, -0.25) is 0 Å². The van der Waals surface area contributed by atoms with Gasteiger partial charge in [-0.1, -0.05) is 65.7 Å². The van der Waals surface area contributed by atoms with Gasteiger partial charge in [-0.15, -0.1) is 0 Å². The van der Waals surface area contributed by atoms with Crippen LogP contribution in [0.3, 0.4) is 0 Å². The monoisotopic (exact) mass is 619 g/mol. The zero-order valence-corrected chi connectivity index (χ0v) is 25.9. The standard InChI is InChI=1S/C41H28F3N3/c1-24-12-14-37-33(18-24)30-8-4-6-10-35(30)46(37)39-21-28(23-45)32(27-16-26(3)17-29(20-27)41(42,43)44)22-40(39)47-36-11-7-5-9-31(36)34-19-25(2)13-15-38(34)47/h4-22H,1-3H3. The highest BCUT2D eigenvalue weighted by Crippen LogP contribution is 2.42. The van der Waals surface area contributed by atoms with Crippen molar-refractivity contribution >= 4 is 43.6 Å². The molecule has 0 aliphatic rings. The van der Waals surface area contributed by atoms with E-state index < -0.39 is 11.7 Å². The maximum Gasteiger partial charge on any atom is 0.416 e. The van der Waals surface area contributed by atoms with Crippen molar-refractivity contribution in [2.24, 2.45) is 0 Å². The first-order chi connectivity index (χ1) is 22.6. The first-order valence-electron chi connectivity index (χ1n) is 15.4. The second-order valence-electron chi connectivity index (χ2n) is 12.3. The Labute approximate surface area is 269 Å². The molecule has 8 aromatic rings. The number of benzene rings is 6. The Balaban J connectivity index is 1.57. The number of rotatable bonds is 3. The largest absolute Gasteiger partial charge is 0.416 e. The lowest BCUT2D eigenvalue weighted by molar-refractivity contribution is -0.137. The number of hydrogen-bond acceptors (Lipinski definition) is 1. The molecule has 2 heterocycles. The van der Waals surface area contributed by atoms with E-state index in [0.717, 1.165) is 78.2 Å². The summed E-state index contributed by atoms with van der Waals surface area (Å²) in [4.78, 5) is 0. The molecule has 3 nitrogen and oxygen atoms in total. The molecule has 228 valence electrons. The molecule has 0 radical (unpaired) electrons. The summed E-state index contributed by atoms with van der Waals surface area (Å²) < 4.78 is 46.5. The molecular formula is C41H28F3N3. The highest BCUT2D eigenvalue weighted by Gasteiger charge is 2.31. The Morgan fingerprint density at radius 2 is 1.04 bits per heavy atom. The molecule has 0 aliphatic carbocycles. The quantitative estimate of drug-likeness (QED) is 0.194. The van der Waals surface area contributed by atoms with Crippen molar-refractivity contribution in [2.75, 3.05) is 0 Å². The van der Waals surface area contributed by atoms with Crippen molar-refractivity contribution in [1.29, 1.82) is 5.26 Å². The van der Waals surface area contributed by atoms with Crippen LogP contribution in [0, 0.1) is 32.1 Å². The van der Waals surface area contributed by atoms with Gasteiger partial charge in [0, 0.05) is 27.1 Å². The number of halogens is 3. The van der Waals surface area contributed by atoms with Gasteiger partial charge >= 0.3 is 6.18 Å². The summed E-state index contributed by atoms with van der Waals surface area (Å²) >= 11 is 0. The molecule has 2 aromatic heterocycles. The third-order valence-corrected chi connectivity index (χ3v) is 9.09. The summed E-state index contributed by atoms with van der Waals surface area (Å²) in [5.74, 6) is 0. The second-order valence-corrected chi connectivity index (χ2v) is 12.3. The first kappa shape index (κ1) is 28.7. The molecule has 0 fully saturated rings. The zero-order valence-electron chi connectivity index (χ0n) is 25.9. The number of hydrogen-bond donors (Lipinski definition) is 0. The van der Waals surface area contributed by atoms with Crippen molar-refractivity contribution in [3.63, 3.8) is 0 Å². The summed E-state index contributed by atoms with van der Waals surface area (Å²) in [5.41, 5.74) is 8.43. The van der Waals surface area contributed by atoms with Crippen LogP contribution in [0.1, 0.15) is 27.8 Å². The summed E-state index contributed by atoms with van der Waals surface area (Å²) in [7, 11) is 0. The maximum atomic E-state index is 14.0. The van der Waals surface area contributed by atoms with Crippen LogP contribution in [-0.2, 0) is 6.18 Å². The van der Waals surface area contributed by atoms with E-state index >= 15 is 0 Å². The van der Waals surface area contributed by atoms with Crippen LogP contribution in [0.15, 0.2) is 115 Å². The average Bonchev–Trinajstić information content (AvgIpc) is 3.55. The summed E-state index contributed by atoms with van der Waals surface area (Å²) in [6.07, 6.45) is -4.53. The molecule has 0 N–H and O–H groups in total. The minimum atomic E-state index is -4.53. The SMILES string of the molecule is Cc1cc(-c2cc(-n3c4ccccc4c4cc(C)ccc43)c(-n3c4ccccc4c4cc(C)ccc43)cc2C#N)cc(C(F)(F)F)c1. The van der Waals surface area contributed by atoms with Crippen molar-refractivity contribution in [3.8, 4) is 28.6 Å². The van der Waals surface area contributed by atoms with Crippen molar-refractivity contribution in [1.82, 2.24) is 9.13 Å². The van der Waals surface area contributed by atoms with Gasteiger partial charge in [0.2, 0.25) is 0 Å². The third kappa shape index (κ3) is 4.50. The van der Waals surface area contributed by atoms with Crippen LogP contribution in [-0.4, -0.2) is 9.13 Å². The molecule has 0 saturated carbocycles.